The lowest BCUT2D eigenvalue weighted by Crippen LogP contribution is -2.47. The summed E-state index contributed by atoms with van der Waals surface area (Å²) < 4.78 is 16.9. The predicted molar refractivity (Wildman–Crippen MR) is 191 cm³/mol. The van der Waals surface area contributed by atoms with Gasteiger partial charge in [0.05, 0.1) is 26.7 Å². The molecule has 2 aliphatic rings. The van der Waals surface area contributed by atoms with Crippen LogP contribution in [-0.2, 0) is 20.9 Å². The third-order valence-corrected chi connectivity index (χ3v) is 8.55. The largest absolute Gasteiger partial charge is 0.497 e. The van der Waals surface area contributed by atoms with Crippen LogP contribution >= 0.6 is 0 Å². The van der Waals surface area contributed by atoms with Gasteiger partial charge in [0.15, 0.2) is 0 Å². The molecule has 2 heterocycles. The third kappa shape index (κ3) is 11.5. The molecule has 0 bridgehead atoms. The number of carboxylic acids is 1. The molecule has 1 unspecified atom stereocenters. The van der Waals surface area contributed by atoms with E-state index in [9.17, 15) is 19.2 Å². The molecule has 14 nitrogen and oxygen atoms in total. The highest BCUT2D eigenvalue weighted by Crippen LogP contribution is 2.29. The summed E-state index contributed by atoms with van der Waals surface area (Å²) in [6.07, 6.45) is 3.46. The van der Waals surface area contributed by atoms with E-state index in [-0.39, 0.29) is 37.2 Å². The molecule has 0 aliphatic carbocycles. The van der Waals surface area contributed by atoms with Crippen molar-refractivity contribution >= 4 is 23.9 Å². The molecular weight excluding hydrogens is 656 g/mol. The Labute approximate surface area is 300 Å². The molecule has 2 aromatic carbocycles. The van der Waals surface area contributed by atoms with Gasteiger partial charge in [0.25, 0.3) is 5.91 Å². The molecule has 0 aromatic heterocycles. The Balaban J connectivity index is 1.39. The van der Waals surface area contributed by atoms with Gasteiger partial charge in [0.2, 0.25) is 5.91 Å². The average Bonchev–Trinajstić information content (AvgIpc) is 3.45. The van der Waals surface area contributed by atoms with Crippen molar-refractivity contribution in [3.8, 4) is 11.5 Å². The van der Waals surface area contributed by atoms with Crippen molar-refractivity contribution in [3.63, 3.8) is 0 Å². The highest BCUT2D eigenvalue weighted by molar-refractivity contribution is 5.94. The van der Waals surface area contributed by atoms with Crippen LogP contribution in [0, 0.1) is 0 Å². The SMILES string of the molecule is CCOc1cc(OC)ccc1CN(CC(=O)N1CCCC(c2cccc(C(=O)NCCC3=CN(CCC(=O)O)NN3C)c2)C1)C(=O)OC(C)(C)C. The second kappa shape index (κ2) is 17.8. The number of amides is 3. The van der Waals surface area contributed by atoms with E-state index in [4.69, 9.17) is 19.3 Å². The van der Waals surface area contributed by atoms with Crippen LogP contribution in [0.1, 0.15) is 80.8 Å². The van der Waals surface area contributed by atoms with Crippen LogP contribution in [0.25, 0.3) is 0 Å². The molecule has 51 heavy (non-hydrogen) atoms. The monoisotopic (exact) mass is 708 g/mol. The summed E-state index contributed by atoms with van der Waals surface area (Å²) in [5.74, 6) is -0.0386. The molecule has 3 N–H and O–H groups in total. The number of carboxylic acid groups (broad SMARTS) is 1. The minimum atomic E-state index is -0.870. The summed E-state index contributed by atoms with van der Waals surface area (Å²) in [6, 6.07) is 12.9. The molecule has 2 aliphatic heterocycles. The Morgan fingerprint density at radius 3 is 2.61 bits per heavy atom. The standard InChI is InChI=1S/C37H52N6O8/c1-7-50-32-21-31(49-6)14-13-29(32)23-42(36(48)51-37(2,3)4)25-33(44)41-18-9-12-28(22-41)26-10-8-11-27(20-26)35(47)38-17-15-30-24-43(39-40(30)5)19-16-34(45)46/h8,10-11,13-14,20-21,24,28,39H,7,9,12,15-19,22-23,25H2,1-6H3,(H,38,47)(H,45,46). The first-order chi connectivity index (χ1) is 24.3. The number of carbonyl (C=O) groups is 4. The fraction of sp³-hybridized carbons (Fsp3) is 0.514. The van der Waals surface area contributed by atoms with Gasteiger partial charge >= 0.3 is 12.1 Å². The number of likely N-dealkylation sites (tertiary alicyclic amines) is 1. The smallest absolute Gasteiger partial charge is 0.411 e. The maximum Gasteiger partial charge on any atom is 0.411 e. The number of aliphatic carboxylic acids is 1. The number of benzene rings is 2. The van der Waals surface area contributed by atoms with Crippen molar-refractivity contribution in [2.45, 2.75) is 71.4 Å². The highest BCUT2D eigenvalue weighted by atomic mass is 16.6. The van der Waals surface area contributed by atoms with Crippen molar-refractivity contribution < 1.29 is 38.5 Å². The molecule has 1 saturated heterocycles. The second-order valence-electron chi connectivity index (χ2n) is 13.7. The number of hydrogen-bond acceptors (Lipinski definition) is 10. The van der Waals surface area contributed by atoms with Gasteiger partial charge in [-0.15, -0.1) is 5.53 Å². The molecular formula is C37H52N6O8. The van der Waals surface area contributed by atoms with Gasteiger partial charge in [-0.3, -0.25) is 29.3 Å². The molecule has 0 saturated carbocycles. The average molecular weight is 709 g/mol. The Hall–Kier alpha value is -4.98. The van der Waals surface area contributed by atoms with Crippen LogP contribution < -0.4 is 20.3 Å². The van der Waals surface area contributed by atoms with E-state index in [2.05, 4.69) is 10.9 Å². The lowest BCUT2D eigenvalue weighted by atomic mass is 9.89. The van der Waals surface area contributed by atoms with E-state index in [1.807, 2.05) is 44.4 Å². The number of ether oxygens (including phenoxy) is 3. The first kappa shape index (κ1) is 38.8. The Kier molecular flexibility index (Phi) is 13.5. The van der Waals surface area contributed by atoms with Crippen molar-refractivity contribution in [2.75, 3.05) is 53.5 Å². The van der Waals surface area contributed by atoms with Gasteiger partial charge in [0.1, 0.15) is 23.6 Å². The number of carbonyl (C=O) groups excluding carboxylic acids is 3. The molecule has 278 valence electrons. The van der Waals surface area contributed by atoms with Crippen molar-refractivity contribution in [1.82, 2.24) is 30.7 Å². The molecule has 3 amide bonds. The Morgan fingerprint density at radius 1 is 1.12 bits per heavy atom. The van der Waals surface area contributed by atoms with Gasteiger partial charge in [-0.25, -0.2) is 4.79 Å². The molecule has 1 fully saturated rings. The molecule has 1 atom stereocenters. The van der Waals surface area contributed by atoms with Gasteiger partial charge in [-0.1, -0.05) is 12.1 Å². The maximum atomic E-state index is 13.8. The fourth-order valence-electron chi connectivity index (χ4n) is 5.99. The zero-order chi connectivity index (χ0) is 37.1. The zero-order valence-corrected chi connectivity index (χ0v) is 30.6. The maximum absolute atomic E-state index is 13.8. The van der Waals surface area contributed by atoms with Gasteiger partial charge in [-0.2, -0.15) is 0 Å². The summed E-state index contributed by atoms with van der Waals surface area (Å²) >= 11 is 0. The number of rotatable bonds is 15. The van der Waals surface area contributed by atoms with E-state index < -0.39 is 17.7 Å². The Bertz CT molecular complexity index is 1570. The molecule has 4 rings (SSSR count). The van der Waals surface area contributed by atoms with Crippen molar-refractivity contribution in [2.24, 2.45) is 0 Å². The number of nitrogens with one attached hydrogen (secondary N) is 2. The first-order valence-electron chi connectivity index (χ1n) is 17.4. The van der Waals surface area contributed by atoms with Crippen LogP contribution in [0.5, 0.6) is 11.5 Å². The third-order valence-electron chi connectivity index (χ3n) is 8.55. The number of hydrazine groups is 2. The summed E-state index contributed by atoms with van der Waals surface area (Å²) in [5, 5.41) is 15.4. The van der Waals surface area contributed by atoms with Crippen LogP contribution in [0.15, 0.2) is 54.4 Å². The van der Waals surface area contributed by atoms with Gasteiger partial charge in [-0.05, 0) is 70.4 Å². The highest BCUT2D eigenvalue weighted by Gasteiger charge is 2.30. The predicted octanol–water partition coefficient (Wildman–Crippen LogP) is 4.34. The zero-order valence-electron chi connectivity index (χ0n) is 30.6. The molecule has 2 aromatic rings. The van der Waals surface area contributed by atoms with E-state index >= 15 is 0 Å². The molecule has 14 heteroatoms. The van der Waals surface area contributed by atoms with E-state index in [0.29, 0.717) is 56.3 Å². The Morgan fingerprint density at radius 2 is 1.90 bits per heavy atom. The van der Waals surface area contributed by atoms with E-state index in [0.717, 1.165) is 29.7 Å². The minimum Gasteiger partial charge on any atom is -0.497 e. The van der Waals surface area contributed by atoms with Crippen molar-refractivity contribution in [3.05, 3.63) is 71.1 Å². The van der Waals surface area contributed by atoms with Gasteiger partial charge < -0.3 is 29.5 Å². The summed E-state index contributed by atoms with van der Waals surface area (Å²) in [6.45, 7) is 9.37. The van der Waals surface area contributed by atoms with Crippen molar-refractivity contribution in [1.29, 1.82) is 0 Å². The number of piperidine rings is 1. The summed E-state index contributed by atoms with van der Waals surface area (Å²) in [7, 11) is 3.41. The van der Waals surface area contributed by atoms with Crippen LogP contribution in [0.3, 0.4) is 0 Å². The topological polar surface area (TPSA) is 153 Å². The lowest BCUT2D eigenvalue weighted by Gasteiger charge is -2.35. The van der Waals surface area contributed by atoms with Crippen LogP contribution in [0.4, 0.5) is 4.79 Å². The normalized spacial score (nSPS) is 16.0. The second-order valence-corrected chi connectivity index (χ2v) is 13.7. The molecule has 0 spiro atoms. The van der Waals surface area contributed by atoms with Gasteiger partial charge in [0, 0.05) is 74.7 Å². The first-order valence-corrected chi connectivity index (χ1v) is 17.4. The lowest BCUT2D eigenvalue weighted by molar-refractivity contribution is -0.137. The minimum absolute atomic E-state index is 0.00937. The fourth-order valence-corrected chi connectivity index (χ4v) is 5.99. The number of nitrogens with zero attached hydrogens (tertiary/aromatic N) is 4. The quantitative estimate of drug-likeness (QED) is 0.242. The van der Waals surface area contributed by atoms with E-state index in [1.165, 1.54) is 4.90 Å². The summed E-state index contributed by atoms with van der Waals surface area (Å²) in [4.78, 5) is 54.4. The molecule has 0 radical (unpaired) electrons. The number of hydrogen-bond donors (Lipinski definition) is 3. The van der Waals surface area contributed by atoms with E-state index in [1.54, 1.807) is 61.0 Å². The van der Waals surface area contributed by atoms with Crippen LogP contribution in [0.2, 0.25) is 0 Å². The summed E-state index contributed by atoms with van der Waals surface area (Å²) in [5.41, 5.74) is 5.47. The number of methoxy groups -OCH3 is 1. The van der Waals surface area contributed by atoms with Crippen LogP contribution in [-0.4, -0.2) is 108 Å².